The number of carbonyl (C=O) groups is 1. The quantitative estimate of drug-likeness (QED) is 0.472. The molecule has 4 rings (SSSR count). The van der Waals surface area contributed by atoms with Gasteiger partial charge in [0.2, 0.25) is 5.89 Å². The number of oxazole rings is 1. The van der Waals surface area contributed by atoms with Gasteiger partial charge in [0.1, 0.15) is 12.1 Å². The summed E-state index contributed by atoms with van der Waals surface area (Å²) in [6, 6.07) is 3.31. The van der Waals surface area contributed by atoms with Gasteiger partial charge in [0.25, 0.3) is 5.91 Å². The normalized spacial score (nSPS) is 18.4. The minimum Gasteiger partial charge on any atom is -0.444 e. The fourth-order valence-electron chi connectivity index (χ4n) is 3.63. The zero-order valence-corrected chi connectivity index (χ0v) is 17.6. The maximum atomic E-state index is 13.0. The Morgan fingerprint density at radius 3 is 2.88 bits per heavy atom. The number of nitrogens with two attached hydrogens (primary N) is 1. The van der Waals surface area contributed by atoms with Crippen molar-refractivity contribution in [1.29, 1.82) is 5.41 Å². The lowest BCUT2D eigenvalue weighted by Crippen LogP contribution is -2.39. The molecule has 10 nitrogen and oxygen atoms in total. The number of nitrogens with zero attached hydrogens (tertiary/aromatic N) is 3. The third kappa shape index (κ3) is 4.54. The minimum absolute atomic E-state index is 0.115. The molecule has 10 heteroatoms. The third-order valence-electron chi connectivity index (χ3n) is 5.29. The van der Waals surface area contributed by atoms with Crippen molar-refractivity contribution in [3.8, 4) is 11.5 Å². The highest BCUT2D eigenvalue weighted by atomic mass is 16.3. The van der Waals surface area contributed by atoms with E-state index in [4.69, 9.17) is 15.6 Å². The van der Waals surface area contributed by atoms with Crippen LogP contribution in [-0.2, 0) is 0 Å². The van der Waals surface area contributed by atoms with E-state index in [9.17, 15) is 9.90 Å². The monoisotopic (exact) mass is 435 g/mol. The van der Waals surface area contributed by atoms with Gasteiger partial charge in [0.15, 0.2) is 5.69 Å². The first-order valence-corrected chi connectivity index (χ1v) is 10.3. The topological polar surface area (TPSA) is 153 Å². The van der Waals surface area contributed by atoms with Crippen molar-refractivity contribution in [2.45, 2.75) is 18.9 Å². The minimum atomic E-state index is -0.437. The Bertz CT molecular complexity index is 1120. The first-order chi connectivity index (χ1) is 15.4. The number of hydrogen-bond donors (Lipinski definition) is 5. The SMILES string of the molecule is CN/C=C1/C=C(NC(=O)c2coc(-c3ccnc(N)c3)n2)C(N2CCC(O)CC2)=CC1=N. The number of likely N-dealkylation sites (tertiary alicyclic amines) is 1. The van der Waals surface area contributed by atoms with Crippen LogP contribution in [0.3, 0.4) is 0 Å². The summed E-state index contributed by atoms with van der Waals surface area (Å²) in [6.45, 7) is 1.27. The molecule has 0 bridgehead atoms. The van der Waals surface area contributed by atoms with E-state index in [2.05, 4.69) is 25.5 Å². The smallest absolute Gasteiger partial charge is 0.277 e. The molecule has 1 saturated heterocycles. The Morgan fingerprint density at radius 2 is 2.16 bits per heavy atom. The standard InChI is InChI=1S/C22H25N7O3/c1-25-11-14-8-17(19(10-16(14)23)29-6-3-15(30)4-7-29)27-21(31)18-12-32-22(28-18)13-2-5-26-20(24)9-13/h2,5,8-12,15,23,25,30H,3-4,6-7H2,1H3,(H2,24,26)(H,27,31)/b14-11-,23-16?. The molecule has 0 saturated carbocycles. The number of pyridine rings is 1. The number of aliphatic hydroxyl groups is 1. The van der Waals surface area contributed by atoms with Gasteiger partial charge >= 0.3 is 0 Å². The molecule has 0 aromatic carbocycles. The first-order valence-electron chi connectivity index (χ1n) is 10.3. The molecule has 166 valence electrons. The molecule has 6 N–H and O–H groups in total. The molecular formula is C22H25N7O3. The molecule has 32 heavy (non-hydrogen) atoms. The van der Waals surface area contributed by atoms with Crippen LogP contribution in [0.25, 0.3) is 11.5 Å². The summed E-state index contributed by atoms with van der Waals surface area (Å²) in [5.41, 5.74) is 8.70. The first kappa shape index (κ1) is 21.3. The van der Waals surface area contributed by atoms with Gasteiger partial charge in [-0.25, -0.2) is 9.97 Å². The molecule has 1 aliphatic carbocycles. The molecule has 1 amide bonds. The van der Waals surface area contributed by atoms with Gasteiger partial charge in [0, 0.05) is 43.7 Å². The summed E-state index contributed by atoms with van der Waals surface area (Å²) < 4.78 is 5.46. The molecule has 3 heterocycles. The zero-order valence-electron chi connectivity index (χ0n) is 17.6. The number of aromatic nitrogens is 2. The van der Waals surface area contributed by atoms with Gasteiger partial charge in [0.05, 0.1) is 23.2 Å². The number of piperidine rings is 1. The molecule has 0 atom stereocenters. The molecule has 0 radical (unpaired) electrons. The molecule has 2 aromatic rings. The molecule has 1 aliphatic heterocycles. The molecule has 0 unspecified atom stereocenters. The van der Waals surface area contributed by atoms with Crippen molar-refractivity contribution < 1.29 is 14.3 Å². The number of aliphatic hydroxyl groups excluding tert-OH is 1. The Morgan fingerprint density at radius 1 is 1.38 bits per heavy atom. The van der Waals surface area contributed by atoms with Gasteiger partial charge in [-0.05, 0) is 37.1 Å². The second-order valence-electron chi connectivity index (χ2n) is 7.57. The highest BCUT2D eigenvalue weighted by Crippen LogP contribution is 2.26. The zero-order chi connectivity index (χ0) is 22.7. The number of hydrogen-bond acceptors (Lipinski definition) is 9. The van der Waals surface area contributed by atoms with Crippen molar-refractivity contribution in [2.24, 2.45) is 0 Å². The summed E-state index contributed by atoms with van der Waals surface area (Å²) in [7, 11) is 1.75. The molecule has 0 spiro atoms. The number of allylic oxidation sites excluding steroid dienone is 3. The molecule has 2 aliphatic rings. The number of nitrogen functional groups attached to an aromatic ring is 1. The van der Waals surface area contributed by atoms with Crippen molar-refractivity contribution >= 4 is 17.4 Å². The third-order valence-corrected chi connectivity index (χ3v) is 5.29. The number of rotatable bonds is 5. The molecular weight excluding hydrogens is 410 g/mol. The van der Waals surface area contributed by atoms with Gasteiger partial charge < -0.3 is 36.2 Å². The lowest BCUT2D eigenvalue weighted by Gasteiger charge is -2.35. The van der Waals surface area contributed by atoms with Crippen LogP contribution in [0.1, 0.15) is 23.3 Å². The van der Waals surface area contributed by atoms with E-state index in [1.807, 2.05) is 0 Å². The van der Waals surface area contributed by atoms with E-state index >= 15 is 0 Å². The second kappa shape index (κ2) is 9.06. The van der Waals surface area contributed by atoms with Crippen molar-refractivity contribution in [2.75, 3.05) is 25.9 Å². The Balaban J connectivity index is 1.58. The number of amides is 1. The fraction of sp³-hybridized carbons (Fsp3) is 0.273. The van der Waals surface area contributed by atoms with Crippen LogP contribution in [0.4, 0.5) is 5.82 Å². The summed E-state index contributed by atoms with van der Waals surface area (Å²) in [6.07, 6.45) is 8.94. The van der Waals surface area contributed by atoms with Gasteiger partial charge in [-0.3, -0.25) is 4.79 Å². The van der Waals surface area contributed by atoms with Gasteiger partial charge in [-0.1, -0.05) is 0 Å². The van der Waals surface area contributed by atoms with Gasteiger partial charge in [-0.2, -0.15) is 0 Å². The van der Waals surface area contributed by atoms with E-state index in [0.29, 0.717) is 54.3 Å². The van der Waals surface area contributed by atoms with Crippen LogP contribution in [-0.4, -0.2) is 57.8 Å². The molecule has 2 aromatic heterocycles. The highest BCUT2D eigenvalue weighted by molar-refractivity contribution is 6.10. The van der Waals surface area contributed by atoms with Crippen LogP contribution in [0.5, 0.6) is 0 Å². The predicted molar refractivity (Wildman–Crippen MR) is 119 cm³/mol. The van der Waals surface area contributed by atoms with Crippen molar-refractivity contribution in [3.05, 3.63) is 65.6 Å². The van der Waals surface area contributed by atoms with Crippen LogP contribution in [0.15, 0.2) is 64.3 Å². The lowest BCUT2D eigenvalue weighted by molar-refractivity contribution is 0.0929. The fourth-order valence-corrected chi connectivity index (χ4v) is 3.63. The predicted octanol–water partition coefficient (Wildman–Crippen LogP) is 1.41. The van der Waals surface area contributed by atoms with Crippen molar-refractivity contribution in [3.63, 3.8) is 0 Å². The number of nitrogens with one attached hydrogen (secondary N) is 3. The summed E-state index contributed by atoms with van der Waals surface area (Å²) in [4.78, 5) is 23.2. The van der Waals surface area contributed by atoms with E-state index in [0.717, 1.165) is 5.70 Å². The Labute approximate surface area is 185 Å². The van der Waals surface area contributed by atoms with E-state index in [1.165, 1.54) is 6.26 Å². The highest BCUT2D eigenvalue weighted by Gasteiger charge is 2.26. The van der Waals surface area contributed by atoms with E-state index in [1.54, 1.807) is 43.7 Å². The second-order valence-corrected chi connectivity index (χ2v) is 7.57. The summed E-state index contributed by atoms with van der Waals surface area (Å²) in [5, 5.41) is 24.0. The van der Waals surface area contributed by atoms with Crippen LogP contribution in [0.2, 0.25) is 0 Å². The van der Waals surface area contributed by atoms with Gasteiger partial charge in [-0.15, -0.1) is 0 Å². The average molecular weight is 435 g/mol. The Kier molecular flexibility index (Phi) is 6.04. The molecule has 1 fully saturated rings. The summed E-state index contributed by atoms with van der Waals surface area (Å²) in [5.74, 6) is 0.153. The average Bonchev–Trinajstić information content (AvgIpc) is 3.27. The number of carbonyl (C=O) groups excluding carboxylic acids is 1. The lowest BCUT2D eigenvalue weighted by atomic mass is 9.98. The van der Waals surface area contributed by atoms with E-state index < -0.39 is 5.91 Å². The van der Waals surface area contributed by atoms with Crippen molar-refractivity contribution in [1.82, 2.24) is 25.5 Å². The Hall–Kier alpha value is -3.92. The maximum absolute atomic E-state index is 13.0. The number of anilines is 1. The summed E-state index contributed by atoms with van der Waals surface area (Å²) >= 11 is 0. The van der Waals surface area contributed by atoms with Crippen LogP contribution < -0.4 is 16.4 Å². The largest absolute Gasteiger partial charge is 0.444 e. The maximum Gasteiger partial charge on any atom is 0.277 e. The van der Waals surface area contributed by atoms with E-state index in [-0.39, 0.29) is 17.7 Å². The van der Waals surface area contributed by atoms with Crippen LogP contribution in [0, 0.1) is 5.41 Å². The van der Waals surface area contributed by atoms with Crippen LogP contribution >= 0.6 is 0 Å².